The Morgan fingerprint density at radius 3 is 2.38 bits per heavy atom. The first kappa shape index (κ1) is 28.5. The third-order valence-electron chi connectivity index (χ3n) is 7.62. The van der Waals surface area contributed by atoms with Gasteiger partial charge < -0.3 is 20.5 Å². The molecule has 206 valence electrons. The summed E-state index contributed by atoms with van der Waals surface area (Å²) in [6, 6.07) is 19.1. The highest BCUT2D eigenvalue weighted by molar-refractivity contribution is 6.30. The number of carbonyl (C=O) groups excluding carboxylic acids is 1. The van der Waals surface area contributed by atoms with Crippen LogP contribution < -0.4 is 11.3 Å². The Labute approximate surface area is 232 Å². The Morgan fingerprint density at radius 1 is 1.10 bits per heavy atom. The zero-order valence-corrected chi connectivity index (χ0v) is 22.4. The fraction of sp³-hybridized carbons (Fsp3) is 0.379. The van der Waals surface area contributed by atoms with E-state index in [4.69, 9.17) is 37.1 Å². The maximum atomic E-state index is 13.7. The summed E-state index contributed by atoms with van der Waals surface area (Å²) in [6.07, 6.45) is 3.09. The first-order valence-corrected chi connectivity index (χ1v) is 13.4. The third kappa shape index (κ3) is 6.38. The number of carboxylic acid groups (broad SMARTS) is 1. The molecule has 0 atom stereocenters. The number of carbonyl (C=O) groups is 2. The molecular formula is C29H33ClN4O5. The van der Waals surface area contributed by atoms with Crippen LogP contribution in [0.5, 0.6) is 0 Å². The fourth-order valence-corrected chi connectivity index (χ4v) is 5.62. The number of rotatable bonds is 5. The first-order chi connectivity index (χ1) is 18.9. The summed E-state index contributed by atoms with van der Waals surface area (Å²) < 4.78 is 6.94. The van der Waals surface area contributed by atoms with Gasteiger partial charge in [0.25, 0.3) is 17.9 Å². The van der Waals surface area contributed by atoms with E-state index >= 15 is 0 Å². The van der Waals surface area contributed by atoms with Crippen LogP contribution in [-0.2, 0) is 14.9 Å². The molecule has 0 radical (unpaired) electrons. The molecule has 9 nitrogen and oxygen atoms in total. The number of amides is 1. The van der Waals surface area contributed by atoms with Crippen molar-refractivity contribution in [1.29, 1.82) is 0 Å². The van der Waals surface area contributed by atoms with E-state index in [-0.39, 0.29) is 35.0 Å². The third-order valence-corrected chi connectivity index (χ3v) is 7.85. The second-order valence-electron chi connectivity index (χ2n) is 9.79. The summed E-state index contributed by atoms with van der Waals surface area (Å²) in [7, 11) is 0. The van der Waals surface area contributed by atoms with Crippen molar-refractivity contribution in [3.05, 3.63) is 87.2 Å². The summed E-state index contributed by atoms with van der Waals surface area (Å²) in [5.74, 6) is -0.261. The van der Waals surface area contributed by atoms with Gasteiger partial charge in [-0.05, 0) is 49.4 Å². The van der Waals surface area contributed by atoms with Crippen molar-refractivity contribution in [2.75, 3.05) is 32.8 Å². The van der Waals surface area contributed by atoms with E-state index in [2.05, 4.69) is 6.07 Å². The molecule has 1 saturated carbocycles. The van der Waals surface area contributed by atoms with Crippen molar-refractivity contribution in [3.63, 3.8) is 0 Å². The van der Waals surface area contributed by atoms with Crippen LogP contribution in [-0.4, -0.2) is 65.0 Å². The maximum absolute atomic E-state index is 13.7. The number of aromatic nitrogens is 2. The normalized spacial score (nSPS) is 21.0. The number of halogens is 1. The summed E-state index contributed by atoms with van der Waals surface area (Å²) in [4.78, 5) is 37.1. The van der Waals surface area contributed by atoms with Crippen LogP contribution in [0.2, 0.25) is 5.02 Å². The second-order valence-corrected chi connectivity index (χ2v) is 10.2. The Morgan fingerprint density at radius 2 is 1.77 bits per heavy atom. The molecule has 1 amide bonds. The molecule has 3 N–H and O–H groups in total. The topological polar surface area (TPSA) is 128 Å². The molecule has 2 fully saturated rings. The largest absolute Gasteiger partial charge is 0.483 e. The van der Waals surface area contributed by atoms with Gasteiger partial charge >= 0.3 is 0 Å². The van der Waals surface area contributed by atoms with Gasteiger partial charge in [-0.1, -0.05) is 54.1 Å². The SMILES string of the molecule is NCC1(c2cccc(Cl)c2)CCC(n2nc(-c3ccccc3)cc(C(=O)N3CCOCC3)c2=O)CC1.O=CO. The van der Waals surface area contributed by atoms with Crippen molar-refractivity contribution in [3.8, 4) is 11.3 Å². The summed E-state index contributed by atoms with van der Waals surface area (Å²) in [6.45, 7) is 2.16. The van der Waals surface area contributed by atoms with Crippen molar-refractivity contribution in [2.45, 2.75) is 37.1 Å². The van der Waals surface area contributed by atoms with E-state index in [9.17, 15) is 9.59 Å². The van der Waals surface area contributed by atoms with Crippen LogP contribution in [0.4, 0.5) is 0 Å². The number of ether oxygens (including phenoxy) is 1. The molecule has 2 aliphatic rings. The molecule has 39 heavy (non-hydrogen) atoms. The fourth-order valence-electron chi connectivity index (χ4n) is 5.43. The van der Waals surface area contributed by atoms with Crippen LogP contribution in [0.25, 0.3) is 11.3 Å². The van der Waals surface area contributed by atoms with E-state index in [1.165, 1.54) is 0 Å². The van der Waals surface area contributed by atoms with Gasteiger partial charge in [0.1, 0.15) is 5.56 Å². The minimum Gasteiger partial charge on any atom is -0.483 e. The second kappa shape index (κ2) is 13.0. The van der Waals surface area contributed by atoms with Gasteiger partial charge in [0.15, 0.2) is 0 Å². The Kier molecular flexibility index (Phi) is 9.50. The summed E-state index contributed by atoms with van der Waals surface area (Å²) >= 11 is 6.28. The highest BCUT2D eigenvalue weighted by Gasteiger charge is 2.37. The number of nitrogens with two attached hydrogens (primary N) is 1. The highest BCUT2D eigenvalue weighted by Crippen LogP contribution is 2.42. The van der Waals surface area contributed by atoms with E-state index < -0.39 is 0 Å². The van der Waals surface area contributed by atoms with Crippen LogP contribution in [0.1, 0.15) is 47.6 Å². The van der Waals surface area contributed by atoms with Gasteiger partial charge in [-0.15, -0.1) is 0 Å². The van der Waals surface area contributed by atoms with Gasteiger partial charge in [0.05, 0.1) is 24.9 Å². The van der Waals surface area contributed by atoms with Gasteiger partial charge in [0.2, 0.25) is 0 Å². The zero-order chi connectivity index (χ0) is 27.8. The lowest BCUT2D eigenvalue weighted by molar-refractivity contribution is -0.122. The van der Waals surface area contributed by atoms with Crippen LogP contribution >= 0.6 is 11.6 Å². The lowest BCUT2D eigenvalue weighted by Gasteiger charge is -2.40. The van der Waals surface area contributed by atoms with Crippen LogP contribution in [0.3, 0.4) is 0 Å². The molecule has 10 heteroatoms. The summed E-state index contributed by atoms with van der Waals surface area (Å²) in [5, 5.41) is 12.4. The number of nitrogens with zero attached hydrogens (tertiary/aromatic N) is 3. The number of benzene rings is 2. The van der Waals surface area contributed by atoms with Crippen molar-refractivity contribution >= 4 is 24.0 Å². The molecule has 0 unspecified atom stereocenters. The molecule has 1 saturated heterocycles. The monoisotopic (exact) mass is 552 g/mol. The number of hydrogen-bond acceptors (Lipinski definition) is 6. The average Bonchev–Trinajstić information content (AvgIpc) is 2.98. The van der Waals surface area contributed by atoms with Gasteiger partial charge in [0, 0.05) is 35.6 Å². The Bertz CT molecular complexity index is 1330. The Hall–Kier alpha value is -3.53. The minimum atomic E-state index is -0.334. The molecule has 3 aromatic rings. The summed E-state index contributed by atoms with van der Waals surface area (Å²) in [5.41, 5.74) is 8.56. The van der Waals surface area contributed by atoms with Crippen molar-refractivity contribution in [2.24, 2.45) is 5.73 Å². The van der Waals surface area contributed by atoms with Crippen molar-refractivity contribution < 1.29 is 19.4 Å². The number of morpholine rings is 1. The number of hydrogen-bond donors (Lipinski definition) is 2. The zero-order valence-electron chi connectivity index (χ0n) is 21.7. The van der Waals surface area contributed by atoms with E-state index in [1.807, 2.05) is 48.5 Å². The molecule has 1 aromatic heterocycles. The van der Waals surface area contributed by atoms with Gasteiger partial charge in [-0.3, -0.25) is 14.4 Å². The molecule has 5 rings (SSSR count). The minimum absolute atomic E-state index is 0.115. The van der Waals surface area contributed by atoms with E-state index in [0.29, 0.717) is 43.6 Å². The molecule has 1 aliphatic heterocycles. The maximum Gasteiger partial charge on any atom is 0.290 e. The Balaban J connectivity index is 0.00000112. The van der Waals surface area contributed by atoms with E-state index in [0.717, 1.165) is 36.8 Å². The predicted molar refractivity (Wildman–Crippen MR) is 149 cm³/mol. The van der Waals surface area contributed by atoms with Crippen molar-refractivity contribution in [1.82, 2.24) is 14.7 Å². The predicted octanol–water partition coefficient (Wildman–Crippen LogP) is 3.75. The molecular weight excluding hydrogens is 520 g/mol. The lowest BCUT2D eigenvalue weighted by atomic mass is 9.68. The average molecular weight is 553 g/mol. The van der Waals surface area contributed by atoms with Gasteiger partial charge in [-0.25, -0.2) is 4.68 Å². The van der Waals surface area contributed by atoms with E-state index in [1.54, 1.807) is 15.6 Å². The standard InChI is InChI=1S/C28H31ClN4O3.CH2O2/c29-22-8-4-7-21(17-22)28(19-30)11-9-23(10-12-28)33-27(35)24(26(34)32-13-15-36-16-14-32)18-25(31-33)20-5-2-1-3-6-20;2-1-3/h1-8,17-18,23H,9-16,19,30H2;1H,(H,2,3). The molecule has 1 aliphatic carbocycles. The molecule has 2 aromatic carbocycles. The first-order valence-electron chi connectivity index (χ1n) is 13.0. The molecule has 0 spiro atoms. The molecule has 2 heterocycles. The van der Waals surface area contributed by atoms with Crippen LogP contribution in [0, 0.1) is 0 Å². The molecule has 0 bridgehead atoms. The quantitative estimate of drug-likeness (QED) is 0.461. The lowest BCUT2D eigenvalue weighted by Crippen LogP contribution is -2.45. The smallest absolute Gasteiger partial charge is 0.290 e. The highest BCUT2D eigenvalue weighted by atomic mass is 35.5. The van der Waals surface area contributed by atoms with Crippen LogP contribution in [0.15, 0.2) is 65.5 Å². The van der Waals surface area contributed by atoms with Gasteiger partial charge in [-0.2, -0.15) is 5.10 Å².